The van der Waals surface area contributed by atoms with E-state index in [1.165, 1.54) is 15.6 Å². The van der Waals surface area contributed by atoms with E-state index >= 15 is 0 Å². The first-order chi connectivity index (χ1) is 14.1. The number of alkyl halides is 3. The molecule has 2 atom stereocenters. The predicted octanol–water partition coefficient (Wildman–Crippen LogP) is 3.09. The van der Waals surface area contributed by atoms with Crippen molar-refractivity contribution in [3.8, 4) is 0 Å². The maximum atomic E-state index is 13.3. The number of aryl methyl sites for hydroxylation is 1. The van der Waals surface area contributed by atoms with Crippen molar-refractivity contribution in [2.24, 2.45) is 11.8 Å². The number of nitrogens with zero attached hydrogens (tertiary/aromatic N) is 4. The number of cyclic esters (lactones) is 1. The molecule has 162 valence electrons. The number of hydrogen-bond acceptors (Lipinski definition) is 5. The monoisotopic (exact) mass is 425 g/mol. The first kappa shape index (κ1) is 20.4. The van der Waals surface area contributed by atoms with E-state index in [1.807, 2.05) is 13.8 Å². The molecule has 2 aliphatic rings. The number of aromatic nitrogens is 3. The fourth-order valence-corrected chi connectivity index (χ4v) is 3.53. The lowest BCUT2D eigenvalue weighted by Gasteiger charge is -2.21. The van der Waals surface area contributed by atoms with Crippen molar-refractivity contribution in [2.75, 3.05) is 11.4 Å². The molecule has 2 aromatic rings. The van der Waals surface area contributed by atoms with Crippen LogP contribution in [0.5, 0.6) is 0 Å². The Hall–Kier alpha value is -2.85. The fraction of sp³-hybridized carbons (Fsp3) is 0.579. The molecular weight excluding hydrogens is 403 g/mol. The first-order valence-electron chi connectivity index (χ1n) is 9.77. The summed E-state index contributed by atoms with van der Waals surface area (Å²) in [6.07, 6.45) is -3.34. The van der Waals surface area contributed by atoms with Gasteiger partial charge >= 0.3 is 12.3 Å². The normalized spacial score (nSPS) is 20.7. The molecule has 2 aromatic heterocycles. The molecule has 0 bridgehead atoms. The summed E-state index contributed by atoms with van der Waals surface area (Å²) in [6.45, 7) is 5.86. The number of nitrogens with one attached hydrogen (secondary N) is 1. The van der Waals surface area contributed by atoms with Crippen LogP contribution < -0.4 is 10.2 Å². The minimum Gasteiger partial charge on any atom is -0.444 e. The van der Waals surface area contributed by atoms with Crippen molar-refractivity contribution in [2.45, 2.75) is 51.9 Å². The number of halogens is 3. The van der Waals surface area contributed by atoms with Crippen molar-refractivity contribution < 1.29 is 27.5 Å². The Morgan fingerprint density at radius 3 is 2.60 bits per heavy atom. The summed E-state index contributed by atoms with van der Waals surface area (Å²) in [5.74, 6) is -1.13. The molecule has 4 rings (SSSR count). The highest BCUT2D eigenvalue weighted by Gasteiger charge is 2.50. The molecule has 2 unspecified atom stereocenters. The van der Waals surface area contributed by atoms with Crippen LogP contribution in [0.15, 0.2) is 12.3 Å². The molecule has 1 aliphatic heterocycles. The number of anilines is 1. The molecular formula is C19H22F3N5O3. The zero-order chi connectivity index (χ0) is 21.8. The summed E-state index contributed by atoms with van der Waals surface area (Å²) >= 11 is 0. The first-order valence-corrected chi connectivity index (χ1v) is 9.77. The second-order valence-corrected chi connectivity index (χ2v) is 8.16. The molecule has 0 radical (unpaired) electrons. The smallest absolute Gasteiger partial charge is 0.415 e. The second-order valence-electron chi connectivity index (χ2n) is 8.16. The van der Waals surface area contributed by atoms with E-state index < -0.39 is 30.1 Å². The van der Waals surface area contributed by atoms with Crippen LogP contribution in [0.4, 0.5) is 23.8 Å². The van der Waals surface area contributed by atoms with Gasteiger partial charge in [-0.15, -0.1) is 0 Å². The molecule has 11 heteroatoms. The molecule has 2 amide bonds. The number of rotatable bonds is 5. The van der Waals surface area contributed by atoms with Gasteiger partial charge in [0.25, 0.3) is 5.91 Å². The third kappa shape index (κ3) is 3.68. The second kappa shape index (κ2) is 7.13. The van der Waals surface area contributed by atoms with Crippen LogP contribution in [0.3, 0.4) is 0 Å². The molecule has 1 saturated carbocycles. The van der Waals surface area contributed by atoms with Gasteiger partial charge in [0.2, 0.25) is 0 Å². The van der Waals surface area contributed by atoms with Crippen molar-refractivity contribution in [3.63, 3.8) is 0 Å². The van der Waals surface area contributed by atoms with Gasteiger partial charge in [0.15, 0.2) is 5.65 Å². The highest BCUT2D eigenvalue weighted by Crippen LogP contribution is 2.40. The van der Waals surface area contributed by atoms with Crippen LogP contribution in [0, 0.1) is 18.8 Å². The zero-order valence-corrected chi connectivity index (χ0v) is 16.7. The van der Waals surface area contributed by atoms with Crippen LogP contribution in [-0.2, 0) is 4.74 Å². The van der Waals surface area contributed by atoms with Gasteiger partial charge in [-0.05, 0) is 31.6 Å². The number of amides is 2. The minimum atomic E-state index is -4.53. The highest BCUT2D eigenvalue weighted by molar-refractivity contribution is 6.00. The van der Waals surface area contributed by atoms with Gasteiger partial charge in [-0.2, -0.15) is 18.3 Å². The quantitative estimate of drug-likeness (QED) is 0.795. The van der Waals surface area contributed by atoms with E-state index in [4.69, 9.17) is 4.74 Å². The molecule has 3 heterocycles. The van der Waals surface area contributed by atoms with E-state index in [2.05, 4.69) is 15.4 Å². The Morgan fingerprint density at radius 1 is 1.33 bits per heavy atom. The van der Waals surface area contributed by atoms with Gasteiger partial charge in [0.1, 0.15) is 23.5 Å². The van der Waals surface area contributed by atoms with Gasteiger partial charge in [0.05, 0.1) is 12.7 Å². The summed E-state index contributed by atoms with van der Waals surface area (Å²) in [7, 11) is 0. The van der Waals surface area contributed by atoms with E-state index in [0.717, 1.165) is 0 Å². The van der Waals surface area contributed by atoms with E-state index in [1.54, 1.807) is 13.0 Å². The summed E-state index contributed by atoms with van der Waals surface area (Å²) in [5.41, 5.74) is 0.576. The zero-order valence-electron chi connectivity index (χ0n) is 16.7. The van der Waals surface area contributed by atoms with Crippen molar-refractivity contribution in [1.29, 1.82) is 0 Å². The van der Waals surface area contributed by atoms with E-state index in [0.29, 0.717) is 25.1 Å². The van der Waals surface area contributed by atoms with Crippen LogP contribution in [-0.4, -0.2) is 51.5 Å². The Kier molecular flexibility index (Phi) is 4.86. The largest absolute Gasteiger partial charge is 0.444 e. The van der Waals surface area contributed by atoms with Gasteiger partial charge < -0.3 is 10.1 Å². The van der Waals surface area contributed by atoms with Gasteiger partial charge in [-0.3, -0.25) is 9.69 Å². The number of ether oxygens (including phenoxy) is 1. The standard InChI is InChI=1S/C19H22F3N5O3/c1-9(2)13-8-26(18(29)30-13)14-6-10(3)27-16(24-14)12(7-23-27)17(28)25-15(11-4-5-11)19(20,21)22/h6-7,9,11,13,15H,4-5,8H2,1-3H3,(H,25,28). The average Bonchev–Trinajstić information content (AvgIpc) is 3.26. The highest BCUT2D eigenvalue weighted by atomic mass is 19.4. The Morgan fingerprint density at radius 2 is 2.03 bits per heavy atom. The molecule has 1 saturated heterocycles. The van der Waals surface area contributed by atoms with Gasteiger partial charge in [-0.1, -0.05) is 13.8 Å². The van der Waals surface area contributed by atoms with Crippen molar-refractivity contribution >= 4 is 23.5 Å². The minimum absolute atomic E-state index is 0.0807. The van der Waals surface area contributed by atoms with Gasteiger partial charge in [0, 0.05) is 11.8 Å². The number of carbonyl (C=O) groups excluding carboxylic acids is 2. The number of carbonyl (C=O) groups is 2. The fourth-order valence-electron chi connectivity index (χ4n) is 3.53. The van der Waals surface area contributed by atoms with E-state index in [-0.39, 0.29) is 29.1 Å². The predicted molar refractivity (Wildman–Crippen MR) is 100 cm³/mol. The topological polar surface area (TPSA) is 88.8 Å². The third-order valence-electron chi connectivity index (χ3n) is 5.47. The van der Waals surface area contributed by atoms with Crippen molar-refractivity contribution in [3.05, 3.63) is 23.5 Å². The molecule has 2 fully saturated rings. The number of hydrogen-bond donors (Lipinski definition) is 1. The summed E-state index contributed by atoms with van der Waals surface area (Å²) in [6, 6.07) is -0.279. The summed E-state index contributed by atoms with van der Waals surface area (Å²) in [5, 5.41) is 6.17. The van der Waals surface area contributed by atoms with Crippen LogP contribution >= 0.6 is 0 Å². The molecule has 0 spiro atoms. The maximum absolute atomic E-state index is 13.3. The van der Waals surface area contributed by atoms with Crippen LogP contribution in [0.1, 0.15) is 42.7 Å². The lowest BCUT2D eigenvalue weighted by molar-refractivity contribution is -0.158. The maximum Gasteiger partial charge on any atom is 0.415 e. The van der Waals surface area contributed by atoms with Crippen LogP contribution in [0.25, 0.3) is 5.65 Å². The lowest BCUT2D eigenvalue weighted by atomic mass is 10.1. The van der Waals surface area contributed by atoms with Crippen molar-refractivity contribution in [1.82, 2.24) is 19.9 Å². The molecule has 1 N–H and O–H groups in total. The van der Waals surface area contributed by atoms with E-state index in [9.17, 15) is 22.8 Å². The molecule has 8 nitrogen and oxygen atoms in total. The molecule has 1 aliphatic carbocycles. The average molecular weight is 425 g/mol. The number of fused-ring (bicyclic) bond motifs is 1. The molecule has 0 aromatic carbocycles. The summed E-state index contributed by atoms with van der Waals surface area (Å²) in [4.78, 5) is 30.6. The Bertz CT molecular complexity index is 999. The SMILES string of the molecule is Cc1cc(N2CC(C(C)C)OC2=O)nc2c(C(=O)NC(C3CC3)C(F)(F)F)cnn12. The lowest BCUT2D eigenvalue weighted by Crippen LogP contribution is -2.46. The molecule has 30 heavy (non-hydrogen) atoms. The summed E-state index contributed by atoms with van der Waals surface area (Å²) < 4.78 is 46.6. The Labute approximate surface area is 170 Å². The van der Waals surface area contributed by atoms with Crippen LogP contribution in [0.2, 0.25) is 0 Å². The van der Waals surface area contributed by atoms with Gasteiger partial charge in [-0.25, -0.2) is 14.3 Å². The third-order valence-corrected chi connectivity index (χ3v) is 5.47. The Balaban J connectivity index is 1.65.